The summed E-state index contributed by atoms with van der Waals surface area (Å²) >= 11 is 0. The van der Waals surface area contributed by atoms with Crippen LogP contribution in [0.25, 0.3) is 0 Å². The zero-order valence-electron chi connectivity index (χ0n) is 13.2. The van der Waals surface area contributed by atoms with E-state index in [0.29, 0.717) is 23.9 Å². The maximum Gasteiger partial charge on any atom is 0.251 e. The van der Waals surface area contributed by atoms with Crippen LogP contribution in [0.1, 0.15) is 23.2 Å². The molecule has 0 spiro atoms. The number of aryl methyl sites for hydroxylation is 1. The number of hydrogen-bond acceptors (Lipinski definition) is 4. The molecule has 2 amide bonds. The molecule has 3 rings (SSSR count). The summed E-state index contributed by atoms with van der Waals surface area (Å²) in [5, 5.41) is 3.04. The van der Waals surface area contributed by atoms with Gasteiger partial charge < -0.3 is 15.6 Å². The first-order valence-corrected chi connectivity index (χ1v) is 7.92. The smallest absolute Gasteiger partial charge is 0.251 e. The molecule has 2 aliphatic rings. The Hall–Kier alpha value is -2.15. The van der Waals surface area contributed by atoms with Gasteiger partial charge in [0.15, 0.2) is 0 Å². The lowest BCUT2D eigenvalue weighted by Gasteiger charge is -2.19. The highest BCUT2D eigenvalue weighted by atomic mass is 16.2. The molecule has 1 aliphatic heterocycles. The minimum atomic E-state index is -0.349. The normalized spacial score (nSPS) is 24.6. The van der Waals surface area contributed by atoms with Crippen LogP contribution in [0.15, 0.2) is 23.1 Å². The summed E-state index contributed by atoms with van der Waals surface area (Å²) in [5.41, 5.74) is 5.43. The summed E-state index contributed by atoms with van der Waals surface area (Å²) < 4.78 is 1.42. The van der Waals surface area contributed by atoms with Gasteiger partial charge >= 0.3 is 0 Å². The average Bonchev–Trinajstić information content (AvgIpc) is 3.25. The Balaban J connectivity index is 1.69. The molecule has 2 atom stereocenters. The maximum atomic E-state index is 12.4. The summed E-state index contributed by atoms with van der Waals surface area (Å²) in [7, 11) is 1.64. The number of primary amides is 1. The number of carbonyl (C=O) groups is 2. The van der Waals surface area contributed by atoms with E-state index in [-0.39, 0.29) is 30.0 Å². The summed E-state index contributed by atoms with van der Waals surface area (Å²) in [6.07, 6.45) is 3.93. The first kappa shape index (κ1) is 15.7. The highest BCUT2D eigenvalue weighted by Crippen LogP contribution is 2.41. The molecule has 1 saturated heterocycles. The van der Waals surface area contributed by atoms with Gasteiger partial charge in [0.2, 0.25) is 5.91 Å². The largest absolute Gasteiger partial charge is 0.369 e. The van der Waals surface area contributed by atoms with Crippen LogP contribution in [0.5, 0.6) is 0 Å². The maximum absolute atomic E-state index is 12.4. The summed E-state index contributed by atoms with van der Waals surface area (Å²) in [4.78, 5) is 37.2. The van der Waals surface area contributed by atoms with Crippen LogP contribution in [0.3, 0.4) is 0 Å². The number of amides is 2. The molecule has 0 aromatic carbocycles. The van der Waals surface area contributed by atoms with Crippen LogP contribution in [-0.4, -0.2) is 47.0 Å². The standard InChI is InChI=1S/C16H22N4O3/c1-19-5-4-11(6-15(19)22)16(23)18-13-8-20(9-14(17)21)7-12(13)10-2-3-10/h4-6,10,12-13H,2-3,7-9H2,1H3,(H2,17,21)(H,18,23)/t12-,13+/m0/s1. The van der Waals surface area contributed by atoms with Gasteiger partial charge in [-0.05, 0) is 30.7 Å². The van der Waals surface area contributed by atoms with E-state index >= 15 is 0 Å². The molecule has 124 valence electrons. The zero-order valence-corrected chi connectivity index (χ0v) is 13.2. The van der Waals surface area contributed by atoms with Crippen LogP contribution in [-0.2, 0) is 11.8 Å². The van der Waals surface area contributed by atoms with E-state index in [2.05, 4.69) is 5.32 Å². The van der Waals surface area contributed by atoms with E-state index in [0.717, 1.165) is 6.54 Å². The number of aromatic nitrogens is 1. The number of nitrogens with zero attached hydrogens (tertiary/aromatic N) is 2. The first-order valence-electron chi connectivity index (χ1n) is 7.92. The Morgan fingerprint density at radius 1 is 1.35 bits per heavy atom. The van der Waals surface area contributed by atoms with Crippen LogP contribution < -0.4 is 16.6 Å². The van der Waals surface area contributed by atoms with Gasteiger partial charge in [-0.15, -0.1) is 0 Å². The molecule has 1 saturated carbocycles. The molecule has 2 fully saturated rings. The Kier molecular flexibility index (Phi) is 4.21. The van der Waals surface area contributed by atoms with Crippen molar-refractivity contribution < 1.29 is 9.59 Å². The van der Waals surface area contributed by atoms with E-state index in [1.54, 1.807) is 19.3 Å². The molecule has 1 aliphatic carbocycles. The molecular weight excluding hydrogens is 296 g/mol. The van der Waals surface area contributed by atoms with Crippen molar-refractivity contribution in [1.29, 1.82) is 0 Å². The van der Waals surface area contributed by atoms with Crippen LogP contribution in [0, 0.1) is 11.8 Å². The fourth-order valence-corrected chi connectivity index (χ4v) is 3.36. The molecular formula is C16H22N4O3. The number of nitrogens with one attached hydrogen (secondary N) is 1. The van der Waals surface area contributed by atoms with Gasteiger partial charge in [-0.1, -0.05) is 0 Å². The predicted octanol–water partition coefficient (Wildman–Crippen LogP) is -0.689. The third kappa shape index (κ3) is 3.61. The lowest BCUT2D eigenvalue weighted by atomic mass is 9.98. The Morgan fingerprint density at radius 3 is 2.70 bits per heavy atom. The molecule has 23 heavy (non-hydrogen) atoms. The average molecular weight is 318 g/mol. The third-order valence-electron chi connectivity index (χ3n) is 4.73. The number of carbonyl (C=O) groups excluding carboxylic acids is 2. The third-order valence-corrected chi connectivity index (χ3v) is 4.73. The SMILES string of the molecule is Cn1ccc(C(=O)N[C@@H]2CN(CC(N)=O)C[C@H]2C2CC2)cc1=O. The van der Waals surface area contributed by atoms with Crippen LogP contribution in [0.2, 0.25) is 0 Å². The van der Waals surface area contributed by atoms with Gasteiger partial charge in [0, 0.05) is 44.0 Å². The van der Waals surface area contributed by atoms with E-state index in [4.69, 9.17) is 5.73 Å². The lowest BCUT2D eigenvalue weighted by molar-refractivity contribution is -0.118. The molecule has 3 N–H and O–H groups in total. The molecule has 1 aromatic rings. The summed E-state index contributed by atoms with van der Waals surface area (Å²) in [6, 6.07) is 2.98. The van der Waals surface area contributed by atoms with Crippen LogP contribution in [0.4, 0.5) is 0 Å². The quantitative estimate of drug-likeness (QED) is 0.751. The first-order chi connectivity index (χ1) is 10.9. The monoisotopic (exact) mass is 318 g/mol. The highest BCUT2D eigenvalue weighted by molar-refractivity contribution is 5.94. The highest BCUT2D eigenvalue weighted by Gasteiger charge is 2.43. The van der Waals surface area contributed by atoms with Crippen molar-refractivity contribution in [2.45, 2.75) is 18.9 Å². The second kappa shape index (κ2) is 6.16. The zero-order chi connectivity index (χ0) is 16.6. The molecule has 2 heterocycles. The van der Waals surface area contributed by atoms with Gasteiger partial charge in [-0.25, -0.2) is 0 Å². The van der Waals surface area contributed by atoms with Gasteiger partial charge in [-0.3, -0.25) is 19.3 Å². The topological polar surface area (TPSA) is 97.4 Å². The Labute approximate surface area is 134 Å². The van der Waals surface area contributed by atoms with Crippen molar-refractivity contribution in [2.24, 2.45) is 24.6 Å². The van der Waals surface area contributed by atoms with Crippen molar-refractivity contribution in [1.82, 2.24) is 14.8 Å². The van der Waals surface area contributed by atoms with E-state index in [9.17, 15) is 14.4 Å². The minimum absolute atomic E-state index is 0.00147. The molecule has 0 radical (unpaired) electrons. The van der Waals surface area contributed by atoms with E-state index in [1.807, 2.05) is 4.90 Å². The van der Waals surface area contributed by atoms with Gasteiger partial charge in [0.25, 0.3) is 11.5 Å². The van der Waals surface area contributed by atoms with Crippen LogP contribution >= 0.6 is 0 Å². The molecule has 1 aromatic heterocycles. The second-order valence-corrected chi connectivity index (χ2v) is 6.61. The molecule has 0 unspecified atom stereocenters. The number of pyridine rings is 1. The van der Waals surface area contributed by atoms with Gasteiger partial charge in [0.05, 0.1) is 6.54 Å². The van der Waals surface area contributed by atoms with Crippen molar-refractivity contribution in [2.75, 3.05) is 19.6 Å². The van der Waals surface area contributed by atoms with Crippen molar-refractivity contribution in [3.63, 3.8) is 0 Å². The van der Waals surface area contributed by atoms with Gasteiger partial charge in [0.1, 0.15) is 0 Å². The number of rotatable bonds is 5. The number of hydrogen-bond donors (Lipinski definition) is 2. The Bertz CT molecular complexity index is 680. The number of nitrogens with two attached hydrogens (primary N) is 1. The fourth-order valence-electron chi connectivity index (χ4n) is 3.36. The minimum Gasteiger partial charge on any atom is -0.369 e. The lowest BCUT2D eigenvalue weighted by Crippen LogP contribution is -2.42. The van der Waals surface area contributed by atoms with E-state index < -0.39 is 0 Å². The number of likely N-dealkylation sites (tertiary alicyclic amines) is 1. The summed E-state index contributed by atoms with van der Waals surface area (Å²) in [6.45, 7) is 1.64. The van der Waals surface area contributed by atoms with Crippen molar-refractivity contribution in [3.8, 4) is 0 Å². The molecule has 7 heteroatoms. The second-order valence-electron chi connectivity index (χ2n) is 6.61. The Morgan fingerprint density at radius 2 is 2.09 bits per heavy atom. The van der Waals surface area contributed by atoms with Crippen molar-refractivity contribution >= 4 is 11.8 Å². The van der Waals surface area contributed by atoms with Crippen molar-refractivity contribution in [3.05, 3.63) is 34.2 Å². The fraction of sp³-hybridized carbons (Fsp3) is 0.562. The van der Waals surface area contributed by atoms with E-state index in [1.165, 1.54) is 23.5 Å². The summed E-state index contributed by atoms with van der Waals surface area (Å²) in [5.74, 6) is 0.379. The van der Waals surface area contributed by atoms with Gasteiger partial charge in [-0.2, -0.15) is 0 Å². The predicted molar refractivity (Wildman–Crippen MR) is 84.8 cm³/mol. The molecule has 7 nitrogen and oxygen atoms in total. The molecule has 0 bridgehead atoms.